The minimum atomic E-state index is -0.556. The number of hydrogen-bond acceptors (Lipinski definition) is 7. The predicted molar refractivity (Wildman–Crippen MR) is 125 cm³/mol. The average molecular weight is 448 g/mol. The highest BCUT2D eigenvalue weighted by Gasteiger charge is 2.48. The summed E-state index contributed by atoms with van der Waals surface area (Å²) in [6.45, 7) is 0. The number of fused-ring (bicyclic) bond motifs is 4. The fraction of sp³-hybridized carbons (Fsp3) is 0.231. The second-order valence-corrected chi connectivity index (χ2v) is 9.05. The highest BCUT2D eigenvalue weighted by molar-refractivity contribution is 5.94. The number of H-pyrrole nitrogens is 1. The molecule has 0 radical (unpaired) electrons. The van der Waals surface area contributed by atoms with E-state index in [2.05, 4.69) is 19.9 Å². The molecule has 7 rings (SSSR count). The van der Waals surface area contributed by atoms with Crippen LogP contribution < -0.4 is 0 Å². The molecule has 0 bridgehead atoms. The molecular weight excluding hydrogens is 428 g/mol. The van der Waals surface area contributed by atoms with Crippen molar-refractivity contribution in [1.82, 2.24) is 29.9 Å². The topological polar surface area (TPSA) is 107 Å². The lowest BCUT2D eigenvalue weighted by atomic mass is 9.75. The van der Waals surface area contributed by atoms with Crippen LogP contribution in [0.2, 0.25) is 0 Å². The van der Waals surface area contributed by atoms with E-state index >= 15 is 0 Å². The maximum absolute atomic E-state index is 12.3. The van der Waals surface area contributed by atoms with Crippen molar-refractivity contribution in [3.8, 4) is 11.4 Å². The van der Waals surface area contributed by atoms with Crippen molar-refractivity contribution in [3.63, 3.8) is 0 Å². The first-order valence-electron chi connectivity index (χ1n) is 11.4. The molecule has 0 unspecified atom stereocenters. The first-order valence-corrected chi connectivity index (χ1v) is 11.4. The van der Waals surface area contributed by atoms with Gasteiger partial charge in [0.25, 0.3) is 0 Å². The summed E-state index contributed by atoms with van der Waals surface area (Å²) in [6.07, 6.45) is 10.2. The maximum Gasteiger partial charge on any atom is 0.339 e. The quantitative estimate of drug-likeness (QED) is 0.391. The predicted octanol–water partition coefficient (Wildman–Crippen LogP) is 4.69. The number of aromatic nitrogens is 6. The van der Waals surface area contributed by atoms with Crippen LogP contribution in [0.25, 0.3) is 33.5 Å². The molecule has 1 aromatic carbocycles. The second kappa shape index (κ2) is 7.15. The Labute approximate surface area is 194 Å². The third kappa shape index (κ3) is 2.91. The van der Waals surface area contributed by atoms with Gasteiger partial charge in [0.1, 0.15) is 16.9 Å². The highest BCUT2D eigenvalue weighted by Crippen LogP contribution is 2.49. The van der Waals surface area contributed by atoms with Gasteiger partial charge in [-0.15, -0.1) is 0 Å². The molecule has 1 saturated carbocycles. The smallest absolute Gasteiger partial charge is 0.339 e. The Morgan fingerprint density at radius 1 is 1.00 bits per heavy atom. The Morgan fingerprint density at radius 3 is 2.79 bits per heavy atom. The van der Waals surface area contributed by atoms with Crippen LogP contribution in [-0.4, -0.2) is 35.9 Å². The number of esters is 1. The Balaban J connectivity index is 1.16. The van der Waals surface area contributed by atoms with Crippen LogP contribution in [0.5, 0.6) is 0 Å². The molecule has 34 heavy (non-hydrogen) atoms. The Kier molecular flexibility index (Phi) is 4.05. The number of imidazole rings is 1. The monoisotopic (exact) mass is 448 g/mol. The van der Waals surface area contributed by atoms with Crippen LogP contribution in [0.3, 0.4) is 0 Å². The van der Waals surface area contributed by atoms with Crippen LogP contribution >= 0.6 is 0 Å². The van der Waals surface area contributed by atoms with Gasteiger partial charge in [0.15, 0.2) is 11.5 Å². The number of ether oxygens (including phenoxy) is 1. The van der Waals surface area contributed by atoms with E-state index in [4.69, 9.17) is 14.7 Å². The van der Waals surface area contributed by atoms with E-state index in [0.717, 1.165) is 59.1 Å². The van der Waals surface area contributed by atoms with Crippen molar-refractivity contribution >= 4 is 28.0 Å². The molecule has 0 amide bonds. The molecular formula is C26H20N6O2. The van der Waals surface area contributed by atoms with Crippen molar-refractivity contribution < 1.29 is 9.53 Å². The summed E-state index contributed by atoms with van der Waals surface area (Å²) in [6, 6.07) is 11.8. The molecule has 8 nitrogen and oxygen atoms in total. The van der Waals surface area contributed by atoms with E-state index in [1.54, 1.807) is 30.9 Å². The van der Waals surface area contributed by atoms with Gasteiger partial charge in [0, 0.05) is 41.0 Å². The zero-order chi connectivity index (χ0) is 22.7. The molecule has 5 heterocycles. The van der Waals surface area contributed by atoms with E-state index in [1.807, 2.05) is 30.3 Å². The number of hydrogen-bond donors (Lipinski definition) is 1. The van der Waals surface area contributed by atoms with Crippen LogP contribution in [0.15, 0.2) is 61.2 Å². The molecule has 0 atom stereocenters. The van der Waals surface area contributed by atoms with Crippen molar-refractivity contribution in [2.45, 2.75) is 37.2 Å². The number of carbonyl (C=O) groups is 1. The number of pyridine rings is 2. The molecule has 166 valence electrons. The summed E-state index contributed by atoms with van der Waals surface area (Å²) in [4.78, 5) is 38.6. The molecule has 1 N–H and O–H groups in total. The Hall–Kier alpha value is -4.20. The minimum absolute atomic E-state index is 0.241. The number of nitrogens with zero attached hydrogens (tertiary/aromatic N) is 5. The molecule has 8 heteroatoms. The number of aromatic amines is 1. The number of benzene rings is 1. The first kappa shape index (κ1) is 19.3. The van der Waals surface area contributed by atoms with Gasteiger partial charge in [-0.25, -0.2) is 19.7 Å². The van der Waals surface area contributed by atoms with Crippen molar-refractivity contribution in [1.29, 1.82) is 0 Å². The summed E-state index contributed by atoms with van der Waals surface area (Å²) in [7, 11) is 0. The summed E-state index contributed by atoms with van der Waals surface area (Å²) in [5, 5.41) is 1.05. The normalized spacial score (nSPS) is 21.8. The van der Waals surface area contributed by atoms with E-state index in [9.17, 15) is 4.79 Å². The molecule has 1 fully saturated rings. The fourth-order valence-corrected chi connectivity index (χ4v) is 5.30. The largest absolute Gasteiger partial charge is 0.450 e. The summed E-state index contributed by atoms with van der Waals surface area (Å²) >= 11 is 0. The molecule has 5 aromatic rings. The van der Waals surface area contributed by atoms with Gasteiger partial charge in [-0.1, -0.05) is 18.2 Å². The van der Waals surface area contributed by atoms with E-state index < -0.39 is 5.60 Å². The van der Waals surface area contributed by atoms with Crippen LogP contribution in [0.4, 0.5) is 0 Å². The maximum atomic E-state index is 12.3. The minimum Gasteiger partial charge on any atom is -0.450 e. The van der Waals surface area contributed by atoms with E-state index in [0.29, 0.717) is 17.0 Å². The number of carbonyl (C=O) groups excluding carboxylic acids is 1. The van der Waals surface area contributed by atoms with Gasteiger partial charge in [0.2, 0.25) is 0 Å². The second-order valence-electron chi connectivity index (χ2n) is 9.05. The van der Waals surface area contributed by atoms with Crippen LogP contribution in [-0.2, 0) is 10.3 Å². The SMILES string of the molecule is O=C1O[C@]2(CC[C@H](c3nc4nc(-c5cnc6ccccc6c5)ncc4[nH]3)CC2)c2cnccc21. The average Bonchev–Trinajstić information content (AvgIpc) is 3.43. The molecule has 4 aromatic heterocycles. The zero-order valence-electron chi connectivity index (χ0n) is 18.2. The van der Waals surface area contributed by atoms with Gasteiger partial charge in [0.05, 0.1) is 17.3 Å². The standard InChI is InChI=1S/C26H20N6O2/c33-25-18-7-10-27-13-19(18)26(34-25)8-5-15(6-9-26)23-30-21-14-29-22(31-24(21)32-23)17-11-16-3-1-2-4-20(16)28-12-17/h1-4,7,10-15H,5-6,8-9H2,(H,29,30,31,32)/t15-,26-. The summed E-state index contributed by atoms with van der Waals surface area (Å²) in [5.74, 6) is 1.51. The number of nitrogens with one attached hydrogen (secondary N) is 1. The fourth-order valence-electron chi connectivity index (χ4n) is 5.30. The number of para-hydroxylation sites is 1. The Morgan fingerprint density at radius 2 is 1.88 bits per heavy atom. The summed E-state index contributed by atoms with van der Waals surface area (Å²) in [5.41, 5.74) is 4.27. The third-order valence-electron chi connectivity index (χ3n) is 7.11. The van der Waals surface area contributed by atoms with Crippen LogP contribution in [0.1, 0.15) is 53.3 Å². The van der Waals surface area contributed by atoms with Crippen LogP contribution in [0, 0.1) is 0 Å². The molecule has 0 saturated heterocycles. The lowest BCUT2D eigenvalue weighted by Gasteiger charge is -2.35. The lowest BCUT2D eigenvalue weighted by Crippen LogP contribution is -2.31. The molecule has 2 aliphatic rings. The van der Waals surface area contributed by atoms with Crippen molar-refractivity contribution in [2.24, 2.45) is 0 Å². The van der Waals surface area contributed by atoms with Gasteiger partial charge >= 0.3 is 5.97 Å². The van der Waals surface area contributed by atoms with Crippen molar-refractivity contribution in [3.05, 3.63) is 78.1 Å². The summed E-state index contributed by atoms with van der Waals surface area (Å²) < 4.78 is 5.86. The van der Waals surface area contributed by atoms with Gasteiger partial charge in [-0.05, 0) is 43.9 Å². The zero-order valence-corrected chi connectivity index (χ0v) is 18.2. The molecule has 1 aliphatic carbocycles. The van der Waals surface area contributed by atoms with Gasteiger partial charge in [-0.3, -0.25) is 9.97 Å². The lowest BCUT2D eigenvalue weighted by molar-refractivity contribution is -0.0313. The highest BCUT2D eigenvalue weighted by atomic mass is 16.6. The van der Waals surface area contributed by atoms with E-state index in [-0.39, 0.29) is 11.9 Å². The number of rotatable bonds is 2. The van der Waals surface area contributed by atoms with Crippen molar-refractivity contribution in [2.75, 3.05) is 0 Å². The third-order valence-corrected chi connectivity index (χ3v) is 7.11. The Bertz CT molecular complexity index is 1590. The van der Waals surface area contributed by atoms with E-state index in [1.165, 1.54) is 0 Å². The first-order chi connectivity index (χ1) is 16.7. The molecule has 1 spiro atoms. The van der Waals surface area contributed by atoms with Gasteiger partial charge < -0.3 is 9.72 Å². The molecule has 1 aliphatic heterocycles. The van der Waals surface area contributed by atoms with Gasteiger partial charge in [-0.2, -0.15) is 0 Å².